The van der Waals surface area contributed by atoms with Gasteiger partial charge in [0.15, 0.2) is 0 Å². The normalized spacial score (nSPS) is 12.6. The summed E-state index contributed by atoms with van der Waals surface area (Å²) >= 11 is 0. The van der Waals surface area contributed by atoms with E-state index in [-0.39, 0.29) is 11.9 Å². The molecule has 1 aromatic rings. The lowest BCUT2D eigenvalue weighted by molar-refractivity contribution is -0.146. The third-order valence-electron chi connectivity index (χ3n) is 3.25. The van der Waals surface area contributed by atoms with Gasteiger partial charge in [-0.15, -0.1) is 0 Å². The summed E-state index contributed by atoms with van der Waals surface area (Å²) < 4.78 is 4.87. The van der Waals surface area contributed by atoms with Crippen molar-refractivity contribution in [3.8, 4) is 0 Å². The molecule has 0 spiro atoms. The molecule has 94 valence electrons. The standard InChI is InChI=1S/C15H22O2/c1-10(2)14(15(16)17-5)9-13-7-6-11(3)8-12(13)4/h6-8,10,14H,9H2,1-5H3. The molecule has 1 aromatic carbocycles. The Kier molecular flexibility index (Phi) is 4.73. The molecule has 0 amide bonds. The van der Waals surface area contributed by atoms with Crippen molar-refractivity contribution in [3.05, 3.63) is 34.9 Å². The van der Waals surface area contributed by atoms with Gasteiger partial charge in [0, 0.05) is 0 Å². The summed E-state index contributed by atoms with van der Waals surface area (Å²) in [4.78, 5) is 11.7. The first-order valence-electron chi connectivity index (χ1n) is 6.09. The van der Waals surface area contributed by atoms with Gasteiger partial charge in [0.2, 0.25) is 0 Å². The summed E-state index contributed by atoms with van der Waals surface area (Å²) in [5.41, 5.74) is 3.74. The predicted molar refractivity (Wildman–Crippen MR) is 70.0 cm³/mol. The summed E-state index contributed by atoms with van der Waals surface area (Å²) in [5, 5.41) is 0. The molecular weight excluding hydrogens is 212 g/mol. The SMILES string of the molecule is COC(=O)C(Cc1ccc(C)cc1C)C(C)C. The highest BCUT2D eigenvalue weighted by molar-refractivity contribution is 5.73. The molecule has 0 radical (unpaired) electrons. The van der Waals surface area contributed by atoms with Gasteiger partial charge in [-0.05, 0) is 37.3 Å². The Morgan fingerprint density at radius 2 is 1.94 bits per heavy atom. The molecule has 0 aromatic heterocycles. The maximum absolute atomic E-state index is 11.7. The van der Waals surface area contributed by atoms with Crippen LogP contribution in [0, 0.1) is 25.7 Å². The van der Waals surface area contributed by atoms with Gasteiger partial charge in [-0.2, -0.15) is 0 Å². The average Bonchev–Trinajstić information content (AvgIpc) is 2.26. The van der Waals surface area contributed by atoms with Crippen molar-refractivity contribution in [2.75, 3.05) is 7.11 Å². The Balaban J connectivity index is 2.90. The largest absolute Gasteiger partial charge is 0.469 e. The van der Waals surface area contributed by atoms with Gasteiger partial charge < -0.3 is 4.74 Å². The lowest BCUT2D eigenvalue weighted by Crippen LogP contribution is -2.24. The van der Waals surface area contributed by atoms with E-state index in [2.05, 4.69) is 45.9 Å². The van der Waals surface area contributed by atoms with Crippen LogP contribution in [-0.4, -0.2) is 13.1 Å². The Morgan fingerprint density at radius 3 is 2.41 bits per heavy atom. The molecule has 0 heterocycles. The Hall–Kier alpha value is -1.31. The molecule has 17 heavy (non-hydrogen) atoms. The van der Waals surface area contributed by atoms with Crippen LogP contribution in [0.15, 0.2) is 18.2 Å². The van der Waals surface area contributed by atoms with Gasteiger partial charge in [0.25, 0.3) is 0 Å². The molecule has 0 aliphatic rings. The van der Waals surface area contributed by atoms with Crippen LogP contribution in [0.1, 0.15) is 30.5 Å². The maximum Gasteiger partial charge on any atom is 0.309 e. The number of rotatable bonds is 4. The van der Waals surface area contributed by atoms with E-state index >= 15 is 0 Å². The number of esters is 1. The molecule has 0 bridgehead atoms. The molecule has 1 unspecified atom stereocenters. The van der Waals surface area contributed by atoms with Crippen LogP contribution in [0.5, 0.6) is 0 Å². The third kappa shape index (κ3) is 3.58. The molecule has 0 saturated carbocycles. The van der Waals surface area contributed by atoms with E-state index in [9.17, 15) is 4.79 Å². The Bertz CT molecular complexity index is 394. The zero-order valence-electron chi connectivity index (χ0n) is 11.4. The van der Waals surface area contributed by atoms with Gasteiger partial charge in [-0.3, -0.25) is 4.79 Å². The minimum atomic E-state index is -0.111. The first kappa shape index (κ1) is 13.8. The van der Waals surface area contributed by atoms with Crippen molar-refractivity contribution in [2.24, 2.45) is 11.8 Å². The molecule has 1 atom stereocenters. The fraction of sp³-hybridized carbons (Fsp3) is 0.533. The summed E-state index contributed by atoms with van der Waals surface area (Å²) in [6, 6.07) is 6.37. The number of benzene rings is 1. The van der Waals surface area contributed by atoms with E-state index < -0.39 is 0 Å². The van der Waals surface area contributed by atoms with Crippen molar-refractivity contribution in [3.63, 3.8) is 0 Å². The second-order valence-electron chi connectivity index (χ2n) is 5.01. The van der Waals surface area contributed by atoms with Crippen molar-refractivity contribution >= 4 is 5.97 Å². The van der Waals surface area contributed by atoms with Crippen LogP contribution in [0.4, 0.5) is 0 Å². The van der Waals surface area contributed by atoms with Crippen LogP contribution in [0.25, 0.3) is 0 Å². The van der Waals surface area contributed by atoms with Crippen molar-refractivity contribution in [2.45, 2.75) is 34.1 Å². The average molecular weight is 234 g/mol. The summed E-state index contributed by atoms with van der Waals surface area (Å²) in [7, 11) is 1.46. The second-order valence-corrected chi connectivity index (χ2v) is 5.01. The number of methoxy groups -OCH3 is 1. The Labute approximate surface area is 104 Å². The smallest absolute Gasteiger partial charge is 0.309 e. The van der Waals surface area contributed by atoms with Crippen LogP contribution >= 0.6 is 0 Å². The molecule has 2 heteroatoms. The van der Waals surface area contributed by atoms with Gasteiger partial charge in [0.05, 0.1) is 13.0 Å². The third-order valence-corrected chi connectivity index (χ3v) is 3.25. The predicted octanol–water partition coefficient (Wildman–Crippen LogP) is 3.29. The van der Waals surface area contributed by atoms with Gasteiger partial charge >= 0.3 is 5.97 Å². The topological polar surface area (TPSA) is 26.3 Å². The number of ether oxygens (including phenoxy) is 1. The molecule has 0 fully saturated rings. The fourth-order valence-electron chi connectivity index (χ4n) is 2.05. The number of carbonyl (C=O) groups excluding carboxylic acids is 1. The van der Waals surface area contributed by atoms with E-state index in [1.807, 2.05) is 0 Å². The maximum atomic E-state index is 11.7. The first-order valence-corrected chi connectivity index (χ1v) is 6.09. The second kappa shape index (κ2) is 5.85. The van der Waals surface area contributed by atoms with E-state index in [0.29, 0.717) is 5.92 Å². The molecule has 0 aliphatic heterocycles. The minimum absolute atomic E-state index is 0.0543. The van der Waals surface area contributed by atoms with Crippen molar-refractivity contribution in [1.29, 1.82) is 0 Å². The molecule has 2 nitrogen and oxygen atoms in total. The first-order chi connectivity index (χ1) is 7.95. The monoisotopic (exact) mass is 234 g/mol. The van der Waals surface area contributed by atoms with E-state index in [0.717, 1.165) is 6.42 Å². The van der Waals surface area contributed by atoms with Crippen LogP contribution in [0.2, 0.25) is 0 Å². The highest BCUT2D eigenvalue weighted by Gasteiger charge is 2.23. The van der Waals surface area contributed by atoms with Crippen LogP contribution in [0.3, 0.4) is 0 Å². The number of hydrogen-bond donors (Lipinski definition) is 0. The van der Waals surface area contributed by atoms with Crippen molar-refractivity contribution in [1.82, 2.24) is 0 Å². The highest BCUT2D eigenvalue weighted by atomic mass is 16.5. The zero-order chi connectivity index (χ0) is 13.0. The molecule has 0 saturated heterocycles. The van der Waals surface area contributed by atoms with Crippen molar-refractivity contribution < 1.29 is 9.53 Å². The summed E-state index contributed by atoms with van der Waals surface area (Å²) in [5.74, 6) is 0.129. The lowest BCUT2D eigenvalue weighted by atomic mass is 9.87. The van der Waals surface area contributed by atoms with E-state index in [1.54, 1.807) is 0 Å². The minimum Gasteiger partial charge on any atom is -0.469 e. The summed E-state index contributed by atoms with van der Waals surface area (Å²) in [6.45, 7) is 8.30. The lowest BCUT2D eigenvalue weighted by Gasteiger charge is -2.19. The zero-order valence-corrected chi connectivity index (χ0v) is 11.4. The van der Waals surface area contributed by atoms with Gasteiger partial charge in [0.1, 0.15) is 0 Å². The summed E-state index contributed by atoms with van der Waals surface area (Å²) in [6.07, 6.45) is 0.760. The quantitative estimate of drug-likeness (QED) is 0.747. The van der Waals surface area contributed by atoms with Gasteiger partial charge in [-0.1, -0.05) is 37.6 Å². The molecule has 0 N–H and O–H groups in total. The van der Waals surface area contributed by atoms with E-state index in [4.69, 9.17) is 4.74 Å². The van der Waals surface area contributed by atoms with Crippen LogP contribution in [-0.2, 0) is 16.0 Å². The molecule has 0 aliphatic carbocycles. The van der Waals surface area contributed by atoms with Gasteiger partial charge in [-0.25, -0.2) is 0 Å². The van der Waals surface area contributed by atoms with E-state index in [1.165, 1.54) is 23.8 Å². The number of hydrogen-bond acceptors (Lipinski definition) is 2. The Morgan fingerprint density at radius 1 is 1.29 bits per heavy atom. The number of carbonyl (C=O) groups is 1. The molecule has 1 rings (SSSR count). The highest BCUT2D eigenvalue weighted by Crippen LogP contribution is 2.21. The fourth-order valence-corrected chi connectivity index (χ4v) is 2.05. The number of aryl methyl sites for hydroxylation is 2. The van der Waals surface area contributed by atoms with Crippen LogP contribution < -0.4 is 0 Å². The molecular formula is C15H22O2.